The molecule has 0 bridgehead atoms. The maximum atomic E-state index is 11.9. The second-order valence-corrected chi connectivity index (χ2v) is 5.22. The van der Waals surface area contributed by atoms with Crippen LogP contribution < -0.4 is 10.1 Å². The van der Waals surface area contributed by atoms with Crippen LogP contribution in [0, 0.1) is 0 Å². The first-order valence-corrected chi connectivity index (χ1v) is 7.06. The van der Waals surface area contributed by atoms with Crippen LogP contribution in [0.1, 0.15) is 0 Å². The summed E-state index contributed by atoms with van der Waals surface area (Å²) in [5.41, 5.74) is 1.10. The number of amides is 1. The van der Waals surface area contributed by atoms with E-state index in [9.17, 15) is 4.79 Å². The molecule has 0 fully saturated rings. The topological polar surface area (TPSA) is 68.5 Å². The number of hydrogen-bond donors (Lipinski definition) is 1. The maximum Gasteiger partial charge on any atom is 0.322 e. The van der Waals surface area contributed by atoms with Crippen molar-refractivity contribution in [2.45, 2.75) is 0 Å². The largest absolute Gasteiger partial charge is 0.453 e. The third kappa shape index (κ3) is 3.13. The molecule has 0 atom stereocenters. The highest BCUT2D eigenvalue weighted by Gasteiger charge is 2.10. The Morgan fingerprint density at radius 1 is 1.23 bits per heavy atom. The molecule has 0 saturated heterocycles. The van der Waals surface area contributed by atoms with Gasteiger partial charge >= 0.3 is 6.01 Å². The van der Waals surface area contributed by atoms with Crippen molar-refractivity contribution in [3.63, 3.8) is 0 Å². The van der Waals surface area contributed by atoms with Gasteiger partial charge in [0.15, 0.2) is 12.3 Å². The zero-order chi connectivity index (χ0) is 15.5. The Morgan fingerprint density at radius 3 is 2.91 bits per heavy atom. The van der Waals surface area contributed by atoms with Crippen LogP contribution in [0.25, 0.3) is 5.65 Å². The molecule has 0 unspecified atom stereocenters. The van der Waals surface area contributed by atoms with E-state index >= 15 is 0 Å². The predicted octanol–water partition coefficient (Wildman–Crippen LogP) is 3.05. The van der Waals surface area contributed by atoms with Crippen molar-refractivity contribution in [3.8, 4) is 6.01 Å². The van der Waals surface area contributed by atoms with Crippen LogP contribution in [0.15, 0.2) is 42.6 Å². The van der Waals surface area contributed by atoms with Gasteiger partial charge in [0.05, 0.1) is 10.7 Å². The first-order chi connectivity index (χ1) is 10.6. The lowest BCUT2D eigenvalue weighted by Gasteiger charge is -2.08. The Labute approximate surface area is 135 Å². The van der Waals surface area contributed by atoms with Crippen LogP contribution in [0.4, 0.5) is 5.69 Å². The summed E-state index contributed by atoms with van der Waals surface area (Å²) in [4.78, 5) is 11.9. The van der Waals surface area contributed by atoms with Crippen LogP contribution >= 0.6 is 23.2 Å². The van der Waals surface area contributed by atoms with Crippen LogP contribution in [-0.2, 0) is 4.79 Å². The molecule has 0 saturated carbocycles. The fourth-order valence-electron chi connectivity index (χ4n) is 1.83. The first kappa shape index (κ1) is 14.6. The molecule has 0 aliphatic rings. The monoisotopic (exact) mass is 336 g/mol. The quantitative estimate of drug-likeness (QED) is 0.794. The van der Waals surface area contributed by atoms with Gasteiger partial charge in [-0.3, -0.25) is 9.20 Å². The van der Waals surface area contributed by atoms with E-state index in [1.165, 1.54) is 0 Å². The van der Waals surface area contributed by atoms with Gasteiger partial charge < -0.3 is 10.1 Å². The fourth-order valence-corrected chi connectivity index (χ4v) is 2.28. The number of rotatable bonds is 4. The molecule has 3 rings (SSSR count). The summed E-state index contributed by atoms with van der Waals surface area (Å²) in [5.74, 6) is -0.364. The zero-order valence-electron chi connectivity index (χ0n) is 11.2. The predicted molar refractivity (Wildman–Crippen MR) is 83.6 cm³/mol. The van der Waals surface area contributed by atoms with Crippen LogP contribution in [0.2, 0.25) is 10.0 Å². The molecule has 0 aliphatic heterocycles. The van der Waals surface area contributed by atoms with Crippen LogP contribution in [-0.4, -0.2) is 27.1 Å². The standard InChI is InChI=1S/C14H10Cl2N4O2/c15-9-4-5-11(10(16)7-9)17-13(21)8-22-14-19-18-12-3-1-2-6-20(12)14/h1-7H,8H2,(H,17,21). The number of anilines is 1. The maximum absolute atomic E-state index is 11.9. The highest BCUT2D eigenvalue weighted by Crippen LogP contribution is 2.25. The SMILES string of the molecule is O=C(COc1nnc2ccccn12)Nc1ccc(Cl)cc1Cl. The minimum absolute atomic E-state index is 0.214. The second kappa shape index (κ2) is 6.21. The number of nitrogens with zero attached hydrogens (tertiary/aromatic N) is 3. The van der Waals surface area contributed by atoms with Crippen LogP contribution in [0.5, 0.6) is 6.01 Å². The van der Waals surface area contributed by atoms with Crippen molar-refractivity contribution in [1.82, 2.24) is 14.6 Å². The van der Waals surface area contributed by atoms with Gasteiger partial charge in [-0.25, -0.2) is 0 Å². The summed E-state index contributed by atoms with van der Waals surface area (Å²) < 4.78 is 7.01. The lowest BCUT2D eigenvalue weighted by atomic mass is 10.3. The molecule has 2 aromatic heterocycles. The number of nitrogens with one attached hydrogen (secondary N) is 1. The van der Waals surface area contributed by atoms with E-state index in [-0.39, 0.29) is 18.5 Å². The third-order valence-corrected chi connectivity index (χ3v) is 3.37. The van der Waals surface area contributed by atoms with Gasteiger partial charge in [0.2, 0.25) is 0 Å². The van der Waals surface area contributed by atoms with E-state index in [1.54, 1.807) is 34.9 Å². The molecule has 0 aliphatic carbocycles. The molecule has 1 amide bonds. The molecule has 1 aromatic carbocycles. The molecule has 22 heavy (non-hydrogen) atoms. The number of ether oxygens (including phenoxy) is 1. The fraction of sp³-hybridized carbons (Fsp3) is 0.0714. The Bertz CT molecular complexity index is 835. The highest BCUT2D eigenvalue weighted by atomic mass is 35.5. The number of carbonyl (C=O) groups excluding carboxylic acids is 1. The Balaban J connectivity index is 1.65. The molecule has 0 spiro atoms. The Hall–Kier alpha value is -2.31. The number of pyridine rings is 1. The van der Waals surface area contributed by atoms with Gasteiger partial charge in [-0.2, -0.15) is 0 Å². The van der Waals surface area contributed by atoms with Crippen LogP contribution in [0.3, 0.4) is 0 Å². The van der Waals surface area contributed by atoms with Gasteiger partial charge in [-0.15, -0.1) is 5.10 Å². The van der Waals surface area contributed by atoms with Gasteiger partial charge in [-0.1, -0.05) is 34.4 Å². The summed E-state index contributed by atoms with van der Waals surface area (Å²) in [6, 6.07) is 10.5. The number of carbonyl (C=O) groups is 1. The lowest BCUT2D eigenvalue weighted by Crippen LogP contribution is -2.21. The molecule has 2 heterocycles. The normalized spacial score (nSPS) is 10.6. The zero-order valence-corrected chi connectivity index (χ0v) is 12.7. The smallest absolute Gasteiger partial charge is 0.322 e. The third-order valence-electron chi connectivity index (χ3n) is 2.82. The van der Waals surface area contributed by atoms with Crippen molar-refractivity contribution < 1.29 is 9.53 Å². The molecule has 8 heteroatoms. The highest BCUT2D eigenvalue weighted by molar-refractivity contribution is 6.36. The molecule has 0 radical (unpaired) electrons. The molecule has 3 aromatic rings. The van der Waals surface area contributed by atoms with Gasteiger partial charge in [0.1, 0.15) is 0 Å². The van der Waals surface area contributed by atoms with Gasteiger partial charge in [0, 0.05) is 11.2 Å². The summed E-state index contributed by atoms with van der Waals surface area (Å²) in [5, 5.41) is 11.3. The first-order valence-electron chi connectivity index (χ1n) is 6.31. The van der Waals surface area contributed by atoms with E-state index in [2.05, 4.69) is 15.5 Å². The van der Waals surface area contributed by atoms with Crippen molar-refractivity contribution in [1.29, 1.82) is 0 Å². The average molecular weight is 337 g/mol. The van der Waals surface area contributed by atoms with E-state index in [0.29, 0.717) is 21.4 Å². The lowest BCUT2D eigenvalue weighted by molar-refractivity contribution is -0.118. The average Bonchev–Trinajstić information content (AvgIpc) is 2.91. The van der Waals surface area contributed by atoms with E-state index in [4.69, 9.17) is 27.9 Å². The number of hydrogen-bond acceptors (Lipinski definition) is 4. The molecular weight excluding hydrogens is 327 g/mol. The number of benzene rings is 1. The number of aromatic nitrogens is 3. The Kier molecular flexibility index (Phi) is 4.13. The number of fused-ring (bicyclic) bond motifs is 1. The summed E-state index contributed by atoms with van der Waals surface area (Å²) >= 11 is 11.8. The molecule has 6 nitrogen and oxygen atoms in total. The summed E-state index contributed by atoms with van der Waals surface area (Å²) in [7, 11) is 0. The minimum Gasteiger partial charge on any atom is -0.453 e. The van der Waals surface area contributed by atoms with Gasteiger partial charge in [0.25, 0.3) is 5.91 Å². The Morgan fingerprint density at radius 2 is 2.09 bits per heavy atom. The van der Waals surface area contributed by atoms with E-state index in [0.717, 1.165) is 0 Å². The molecule has 1 N–H and O–H groups in total. The van der Waals surface area contributed by atoms with E-state index in [1.807, 2.05) is 12.1 Å². The van der Waals surface area contributed by atoms with Crippen molar-refractivity contribution in [2.75, 3.05) is 11.9 Å². The van der Waals surface area contributed by atoms with Crippen molar-refractivity contribution >= 4 is 40.4 Å². The van der Waals surface area contributed by atoms with Crippen molar-refractivity contribution in [3.05, 3.63) is 52.6 Å². The minimum atomic E-state index is -0.364. The second-order valence-electron chi connectivity index (χ2n) is 4.37. The van der Waals surface area contributed by atoms with E-state index < -0.39 is 0 Å². The summed E-state index contributed by atoms with van der Waals surface area (Å²) in [6.45, 7) is -0.214. The molecular formula is C14H10Cl2N4O2. The molecule has 112 valence electrons. The van der Waals surface area contributed by atoms with Gasteiger partial charge in [-0.05, 0) is 30.3 Å². The summed E-state index contributed by atoms with van der Waals surface area (Å²) in [6.07, 6.45) is 1.75. The number of halogens is 2. The van der Waals surface area contributed by atoms with Crippen molar-refractivity contribution in [2.24, 2.45) is 0 Å².